The van der Waals surface area contributed by atoms with E-state index >= 15 is 8.78 Å². The van der Waals surface area contributed by atoms with Gasteiger partial charge in [0.05, 0.1) is 37.3 Å². The van der Waals surface area contributed by atoms with Gasteiger partial charge in [0.1, 0.15) is 17.9 Å². The summed E-state index contributed by atoms with van der Waals surface area (Å²) in [5.41, 5.74) is 1.11. The monoisotopic (exact) mass is 607 g/mol. The molecule has 4 unspecified atom stereocenters. The minimum atomic E-state index is -3.22. The Kier molecular flexibility index (Phi) is 8.69. The first-order chi connectivity index (χ1) is 20.1. The zero-order valence-corrected chi connectivity index (χ0v) is 24.2. The second-order valence-electron chi connectivity index (χ2n) is 10.4. The lowest BCUT2D eigenvalue weighted by molar-refractivity contribution is -0.192. The fraction of sp³-hybridized carbons (Fsp3) is 0.500. The number of ether oxygens (including phenoxy) is 1. The van der Waals surface area contributed by atoms with Crippen LogP contribution in [-0.2, 0) is 19.2 Å². The standard InChI is InChI=1S/C28H32F3N5O5S/c1-4-16(26(37)38)11-36-23-20(13-41-36)35(14-28(23,30)31)12-19-21(27(39)40-5-2)22(17-7-6-8-18(29)15(17)3)34-24(33-19)25-32-9-10-42-25/h6-10,16,20,22-23H,4-5,11-14H2,1-3H3,(H,33,34)(H,37,38). The first-order valence-corrected chi connectivity index (χ1v) is 14.6. The molecule has 3 aliphatic heterocycles. The van der Waals surface area contributed by atoms with E-state index in [9.17, 15) is 19.1 Å². The molecule has 0 radical (unpaired) electrons. The smallest absolute Gasteiger partial charge is 0.338 e. The number of aliphatic carboxylic acids is 1. The van der Waals surface area contributed by atoms with E-state index in [-0.39, 0.29) is 44.0 Å². The fourth-order valence-electron chi connectivity index (χ4n) is 5.72. The largest absolute Gasteiger partial charge is 0.481 e. The van der Waals surface area contributed by atoms with Crippen LogP contribution in [0.25, 0.3) is 0 Å². The van der Waals surface area contributed by atoms with Crippen molar-refractivity contribution in [1.82, 2.24) is 20.3 Å². The number of hydrogen-bond donors (Lipinski definition) is 2. The van der Waals surface area contributed by atoms with Crippen LogP contribution in [0.2, 0.25) is 0 Å². The van der Waals surface area contributed by atoms with Gasteiger partial charge in [-0.05, 0) is 37.5 Å². The molecule has 0 aliphatic carbocycles. The highest BCUT2D eigenvalue weighted by Crippen LogP contribution is 2.42. The number of hydroxylamine groups is 2. The first-order valence-electron chi connectivity index (χ1n) is 13.7. The van der Waals surface area contributed by atoms with E-state index < -0.39 is 54.3 Å². The van der Waals surface area contributed by atoms with E-state index in [0.29, 0.717) is 22.0 Å². The maximum atomic E-state index is 15.5. The van der Waals surface area contributed by atoms with E-state index in [1.807, 2.05) is 0 Å². The number of carboxylic acid groups (broad SMARTS) is 1. The van der Waals surface area contributed by atoms with Gasteiger partial charge in [0.2, 0.25) is 0 Å². The van der Waals surface area contributed by atoms with Gasteiger partial charge in [0, 0.05) is 30.4 Å². The summed E-state index contributed by atoms with van der Waals surface area (Å²) in [5.74, 6) is -6.01. The Morgan fingerprint density at radius 2 is 2.12 bits per heavy atom. The van der Waals surface area contributed by atoms with E-state index in [1.54, 1.807) is 38.4 Å². The average Bonchev–Trinajstić information content (AvgIpc) is 3.68. The number of fused-ring (bicyclic) bond motifs is 1. The Morgan fingerprint density at radius 3 is 2.79 bits per heavy atom. The van der Waals surface area contributed by atoms with Crippen molar-refractivity contribution in [3.8, 4) is 0 Å². The van der Waals surface area contributed by atoms with Gasteiger partial charge >= 0.3 is 11.9 Å². The lowest BCUT2D eigenvalue weighted by atomic mass is 9.92. The molecule has 0 spiro atoms. The normalized spacial score (nSPS) is 24.7. The average molecular weight is 608 g/mol. The molecule has 2 fully saturated rings. The third-order valence-corrected chi connectivity index (χ3v) is 8.65. The number of esters is 1. The van der Waals surface area contributed by atoms with Gasteiger partial charge in [-0.15, -0.1) is 11.3 Å². The zero-order valence-electron chi connectivity index (χ0n) is 23.3. The minimum Gasteiger partial charge on any atom is -0.481 e. The number of nitrogens with one attached hydrogen (secondary N) is 1. The molecule has 0 amide bonds. The van der Waals surface area contributed by atoms with Crippen molar-refractivity contribution in [1.29, 1.82) is 0 Å². The van der Waals surface area contributed by atoms with Crippen LogP contribution in [0.3, 0.4) is 0 Å². The van der Waals surface area contributed by atoms with Gasteiger partial charge in [0.25, 0.3) is 5.92 Å². The van der Waals surface area contributed by atoms with Crippen LogP contribution in [0.15, 0.2) is 46.0 Å². The summed E-state index contributed by atoms with van der Waals surface area (Å²) < 4.78 is 51.1. The highest BCUT2D eigenvalue weighted by Gasteiger charge is 2.61. The van der Waals surface area contributed by atoms with Crippen molar-refractivity contribution in [3.05, 3.63) is 63.0 Å². The molecule has 10 nitrogen and oxygen atoms in total. The summed E-state index contributed by atoms with van der Waals surface area (Å²) in [6.45, 7) is 3.98. The second-order valence-corrected chi connectivity index (χ2v) is 11.3. The van der Waals surface area contributed by atoms with Crippen molar-refractivity contribution in [2.75, 3.05) is 32.8 Å². The van der Waals surface area contributed by atoms with E-state index in [4.69, 9.17) is 14.6 Å². The molecule has 226 valence electrons. The Balaban J connectivity index is 1.54. The SMILES string of the molecule is CCOC(=O)C1=C(CN2CC(F)(F)C3C2CON3CC(CC)C(=O)O)NC(c2nccs2)=NC1c1cccc(F)c1C. The topological polar surface area (TPSA) is 117 Å². The molecule has 4 atom stereocenters. The molecule has 2 saturated heterocycles. The molecule has 0 saturated carbocycles. The number of alkyl halides is 2. The molecular formula is C28H32F3N5O5S. The van der Waals surface area contributed by atoms with Gasteiger partial charge in [-0.1, -0.05) is 19.1 Å². The number of halogens is 3. The summed E-state index contributed by atoms with van der Waals surface area (Å²) in [4.78, 5) is 41.2. The number of rotatable bonds is 10. The number of benzene rings is 1. The van der Waals surface area contributed by atoms with Crippen molar-refractivity contribution in [3.63, 3.8) is 0 Å². The number of nitrogens with zero attached hydrogens (tertiary/aromatic N) is 4. The predicted molar refractivity (Wildman–Crippen MR) is 147 cm³/mol. The Hall–Kier alpha value is -3.33. The Labute approximate surface area is 244 Å². The van der Waals surface area contributed by atoms with Crippen LogP contribution in [0, 0.1) is 18.7 Å². The molecule has 3 aliphatic rings. The molecular weight excluding hydrogens is 575 g/mol. The molecule has 2 N–H and O–H groups in total. The molecule has 1 aromatic carbocycles. The number of thiazole rings is 1. The number of carboxylic acids is 1. The third kappa shape index (κ3) is 5.68. The minimum absolute atomic E-state index is 0.0605. The van der Waals surface area contributed by atoms with Crippen molar-refractivity contribution in [2.24, 2.45) is 10.9 Å². The molecule has 42 heavy (non-hydrogen) atoms. The number of aliphatic imine (C=N–C) groups is 1. The van der Waals surface area contributed by atoms with Crippen LogP contribution >= 0.6 is 11.3 Å². The lowest BCUT2D eigenvalue weighted by Crippen LogP contribution is -2.47. The number of carbonyl (C=O) groups is 2. The predicted octanol–water partition coefficient (Wildman–Crippen LogP) is 3.55. The summed E-state index contributed by atoms with van der Waals surface area (Å²) in [6, 6.07) is 1.38. The van der Waals surface area contributed by atoms with Crippen LogP contribution in [0.1, 0.15) is 42.4 Å². The molecule has 14 heteroatoms. The number of amidine groups is 1. The molecule has 0 bridgehead atoms. The third-order valence-electron chi connectivity index (χ3n) is 7.87. The molecule has 5 rings (SSSR count). The van der Waals surface area contributed by atoms with Gasteiger partial charge in [-0.25, -0.2) is 22.9 Å². The summed E-state index contributed by atoms with van der Waals surface area (Å²) in [6.07, 6.45) is 1.86. The van der Waals surface area contributed by atoms with Crippen LogP contribution in [0.5, 0.6) is 0 Å². The van der Waals surface area contributed by atoms with Gasteiger partial charge in [0.15, 0.2) is 10.8 Å². The Morgan fingerprint density at radius 1 is 1.33 bits per heavy atom. The quantitative estimate of drug-likeness (QED) is 0.391. The number of aromatic nitrogens is 1. The van der Waals surface area contributed by atoms with Crippen molar-refractivity contribution >= 4 is 29.1 Å². The van der Waals surface area contributed by atoms with E-state index in [1.165, 1.54) is 28.4 Å². The number of likely N-dealkylation sites (tertiary alicyclic amines) is 1. The van der Waals surface area contributed by atoms with E-state index in [2.05, 4.69) is 10.3 Å². The summed E-state index contributed by atoms with van der Waals surface area (Å²) in [7, 11) is 0. The van der Waals surface area contributed by atoms with Gasteiger partial charge in [-0.2, -0.15) is 5.06 Å². The van der Waals surface area contributed by atoms with Crippen molar-refractivity contribution < 1.29 is 37.4 Å². The van der Waals surface area contributed by atoms with Crippen molar-refractivity contribution in [2.45, 2.75) is 51.2 Å². The molecule has 4 heterocycles. The first kappa shape index (κ1) is 30.1. The molecule has 1 aromatic heterocycles. The lowest BCUT2D eigenvalue weighted by Gasteiger charge is -2.31. The summed E-state index contributed by atoms with van der Waals surface area (Å²) >= 11 is 1.30. The van der Waals surface area contributed by atoms with Crippen LogP contribution in [0.4, 0.5) is 13.2 Å². The maximum absolute atomic E-state index is 15.5. The van der Waals surface area contributed by atoms with Gasteiger partial charge in [-0.3, -0.25) is 19.5 Å². The van der Waals surface area contributed by atoms with Gasteiger partial charge < -0.3 is 15.2 Å². The molecule has 2 aromatic rings. The van der Waals surface area contributed by atoms with Crippen LogP contribution in [-0.4, -0.2) is 88.7 Å². The van der Waals surface area contributed by atoms with Crippen LogP contribution < -0.4 is 5.32 Å². The number of hydrogen-bond acceptors (Lipinski definition) is 10. The summed E-state index contributed by atoms with van der Waals surface area (Å²) in [5, 5.41) is 16.0. The maximum Gasteiger partial charge on any atom is 0.338 e. The Bertz CT molecular complexity index is 1400. The highest BCUT2D eigenvalue weighted by atomic mass is 32.1. The highest BCUT2D eigenvalue weighted by molar-refractivity contribution is 7.11. The van der Waals surface area contributed by atoms with E-state index in [0.717, 1.165) is 5.06 Å². The number of carbonyl (C=O) groups excluding carboxylic acids is 1. The fourth-order valence-corrected chi connectivity index (χ4v) is 6.31. The zero-order chi connectivity index (χ0) is 30.2. The second kappa shape index (κ2) is 12.1.